The van der Waals surface area contributed by atoms with E-state index in [2.05, 4.69) is 25.9 Å². The van der Waals surface area contributed by atoms with Crippen molar-refractivity contribution in [1.82, 2.24) is 14.5 Å². The molecule has 0 aliphatic heterocycles. The lowest BCUT2D eigenvalue weighted by molar-refractivity contribution is 0.414. The maximum Gasteiger partial charge on any atom is 0.132 e. The fourth-order valence-electron chi connectivity index (χ4n) is 2.28. The lowest BCUT2D eigenvalue weighted by Crippen LogP contribution is -2.02. The third-order valence-electron chi connectivity index (χ3n) is 3.19. The van der Waals surface area contributed by atoms with Crippen molar-refractivity contribution in [3.8, 4) is 11.4 Å². The van der Waals surface area contributed by atoms with Crippen molar-refractivity contribution in [3.05, 3.63) is 47.0 Å². The van der Waals surface area contributed by atoms with Gasteiger partial charge in [-0.3, -0.25) is 9.55 Å². The third kappa shape index (κ3) is 2.63. The fourth-order valence-corrected chi connectivity index (χ4v) is 2.89. The van der Waals surface area contributed by atoms with Crippen molar-refractivity contribution in [2.75, 3.05) is 7.11 Å². The zero-order chi connectivity index (χ0) is 15.0. The average Bonchev–Trinajstić information content (AvgIpc) is 2.86. The first-order chi connectivity index (χ1) is 10.1. The molecule has 2 heterocycles. The molecule has 21 heavy (non-hydrogen) atoms. The summed E-state index contributed by atoms with van der Waals surface area (Å²) in [6.07, 6.45) is 3.49. The summed E-state index contributed by atoms with van der Waals surface area (Å²) in [5.74, 6) is 1.54. The van der Waals surface area contributed by atoms with Gasteiger partial charge < -0.3 is 4.74 Å². The van der Waals surface area contributed by atoms with Gasteiger partial charge in [-0.1, -0.05) is 15.9 Å². The molecule has 3 aromatic rings. The van der Waals surface area contributed by atoms with Gasteiger partial charge in [0.1, 0.15) is 17.1 Å². The third-order valence-corrected chi connectivity index (χ3v) is 3.84. The molecule has 6 heteroatoms. The van der Waals surface area contributed by atoms with Gasteiger partial charge in [-0.2, -0.15) is 0 Å². The molecule has 3 rings (SSSR count). The van der Waals surface area contributed by atoms with Gasteiger partial charge in [-0.15, -0.1) is 11.6 Å². The second-order valence-corrected chi connectivity index (χ2v) is 6.21. The first-order valence-electron chi connectivity index (χ1n) is 6.41. The molecular weight excluding hydrogens is 354 g/mol. The Morgan fingerprint density at radius 3 is 2.86 bits per heavy atom. The Hall–Kier alpha value is -1.59. The summed E-state index contributed by atoms with van der Waals surface area (Å²) in [5, 5.41) is -0.220. The SMILES string of the molecule is COc1cc(Br)cc(-n2c(C(C)Cl)nc3cnccc32)c1. The standard InChI is InChI=1S/C15H13BrClN3O/c1-9(17)15-19-13-8-18-4-3-14(13)20(15)11-5-10(16)6-12(7-11)21-2/h3-9H,1-2H3. The number of pyridine rings is 1. The van der Waals surface area contributed by atoms with E-state index >= 15 is 0 Å². The minimum Gasteiger partial charge on any atom is -0.497 e. The molecule has 0 spiro atoms. The fraction of sp³-hybridized carbons (Fsp3) is 0.200. The summed E-state index contributed by atoms with van der Waals surface area (Å²) in [6.45, 7) is 1.90. The van der Waals surface area contributed by atoms with E-state index in [4.69, 9.17) is 16.3 Å². The monoisotopic (exact) mass is 365 g/mol. The smallest absolute Gasteiger partial charge is 0.132 e. The number of hydrogen-bond donors (Lipinski definition) is 0. The van der Waals surface area contributed by atoms with E-state index in [0.717, 1.165) is 32.8 Å². The molecule has 0 saturated carbocycles. The van der Waals surface area contributed by atoms with Gasteiger partial charge in [0, 0.05) is 16.7 Å². The normalized spacial score (nSPS) is 12.6. The van der Waals surface area contributed by atoms with Gasteiger partial charge in [-0.25, -0.2) is 4.98 Å². The summed E-state index contributed by atoms with van der Waals surface area (Å²) >= 11 is 9.80. The maximum absolute atomic E-state index is 6.30. The summed E-state index contributed by atoms with van der Waals surface area (Å²) < 4.78 is 8.30. The van der Waals surface area contributed by atoms with Crippen LogP contribution in [0.25, 0.3) is 16.7 Å². The molecule has 108 valence electrons. The first kappa shape index (κ1) is 14.4. The van der Waals surface area contributed by atoms with Crippen molar-refractivity contribution < 1.29 is 4.74 Å². The minimum absolute atomic E-state index is 0.220. The lowest BCUT2D eigenvalue weighted by atomic mass is 10.2. The highest BCUT2D eigenvalue weighted by Crippen LogP contribution is 2.31. The van der Waals surface area contributed by atoms with E-state index < -0.39 is 0 Å². The van der Waals surface area contributed by atoms with Crippen LogP contribution in [0, 0.1) is 0 Å². The van der Waals surface area contributed by atoms with Gasteiger partial charge >= 0.3 is 0 Å². The van der Waals surface area contributed by atoms with Crippen molar-refractivity contribution >= 4 is 38.6 Å². The number of ether oxygens (including phenoxy) is 1. The molecular formula is C15H13BrClN3O. The molecule has 2 aromatic heterocycles. The average molecular weight is 367 g/mol. The molecule has 0 aliphatic rings. The number of aromatic nitrogens is 3. The van der Waals surface area contributed by atoms with Crippen LogP contribution in [0.1, 0.15) is 18.1 Å². The molecule has 0 bridgehead atoms. The molecule has 0 radical (unpaired) electrons. The number of halogens is 2. The van der Waals surface area contributed by atoms with Crippen LogP contribution in [-0.2, 0) is 0 Å². The Bertz CT molecular complexity index is 801. The van der Waals surface area contributed by atoms with Gasteiger partial charge in [0.05, 0.1) is 29.9 Å². The highest BCUT2D eigenvalue weighted by molar-refractivity contribution is 9.10. The molecule has 0 aliphatic carbocycles. The van der Waals surface area contributed by atoms with Gasteiger partial charge in [-0.05, 0) is 25.1 Å². The van der Waals surface area contributed by atoms with Crippen LogP contribution in [-0.4, -0.2) is 21.6 Å². The number of hydrogen-bond acceptors (Lipinski definition) is 3. The number of rotatable bonds is 3. The van der Waals surface area contributed by atoms with Crippen LogP contribution in [0.5, 0.6) is 5.75 Å². The molecule has 4 nitrogen and oxygen atoms in total. The zero-order valence-corrected chi connectivity index (χ0v) is 13.9. The Morgan fingerprint density at radius 2 is 2.14 bits per heavy atom. The van der Waals surface area contributed by atoms with Crippen LogP contribution in [0.4, 0.5) is 0 Å². The maximum atomic E-state index is 6.30. The number of methoxy groups -OCH3 is 1. The number of imidazole rings is 1. The lowest BCUT2D eigenvalue weighted by Gasteiger charge is -2.12. The zero-order valence-electron chi connectivity index (χ0n) is 11.5. The number of nitrogens with zero attached hydrogens (tertiary/aromatic N) is 3. The molecule has 1 unspecified atom stereocenters. The highest BCUT2D eigenvalue weighted by atomic mass is 79.9. The largest absolute Gasteiger partial charge is 0.497 e. The van der Waals surface area contributed by atoms with Gasteiger partial charge in [0.2, 0.25) is 0 Å². The Labute approximate surface area is 135 Å². The van der Waals surface area contributed by atoms with Crippen molar-refractivity contribution in [3.63, 3.8) is 0 Å². The number of benzene rings is 1. The summed E-state index contributed by atoms with van der Waals surface area (Å²) in [6, 6.07) is 7.80. The van der Waals surface area contributed by atoms with Crippen LogP contribution in [0.3, 0.4) is 0 Å². The number of alkyl halides is 1. The van der Waals surface area contributed by atoms with Crippen LogP contribution in [0.2, 0.25) is 0 Å². The minimum atomic E-state index is -0.220. The number of fused-ring (bicyclic) bond motifs is 1. The molecule has 0 saturated heterocycles. The molecule has 0 fully saturated rings. The van der Waals surface area contributed by atoms with E-state index in [1.165, 1.54) is 0 Å². The Kier molecular flexibility index (Phi) is 3.87. The van der Waals surface area contributed by atoms with Crippen molar-refractivity contribution in [2.45, 2.75) is 12.3 Å². The summed E-state index contributed by atoms with van der Waals surface area (Å²) in [5.41, 5.74) is 2.73. The molecule has 0 N–H and O–H groups in total. The van der Waals surface area contributed by atoms with Gasteiger partial charge in [0.25, 0.3) is 0 Å². The van der Waals surface area contributed by atoms with E-state index in [1.807, 2.05) is 35.8 Å². The van der Waals surface area contributed by atoms with Crippen LogP contribution in [0.15, 0.2) is 41.1 Å². The van der Waals surface area contributed by atoms with E-state index in [1.54, 1.807) is 19.5 Å². The van der Waals surface area contributed by atoms with E-state index in [9.17, 15) is 0 Å². The Balaban J connectivity index is 2.32. The summed E-state index contributed by atoms with van der Waals surface area (Å²) in [4.78, 5) is 8.70. The molecule has 1 aromatic carbocycles. The van der Waals surface area contributed by atoms with Crippen LogP contribution >= 0.6 is 27.5 Å². The second-order valence-electron chi connectivity index (χ2n) is 4.64. The van der Waals surface area contributed by atoms with Gasteiger partial charge in [0.15, 0.2) is 0 Å². The summed E-state index contributed by atoms with van der Waals surface area (Å²) in [7, 11) is 1.65. The topological polar surface area (TPSA) is 39.9 Å². The Morgan fingerprint density at radius 1 is 1.33 bits per heavy atom. The quantitative estimate of drug-likeness (QED) is 0.641. The van der Waals surface area contributed by atoms with Crippen LogP contribution < -0.4 is 4.74 Å². The van der Waals surface area contributed by atoms with Crippen molar-refractivity contribution in [1.29, 1.82) is 0 Å². The predicted molar refractivity (Wildman–Crippen MR) is 87.4 cm³/mol. The highest BCUT2D eigenvalue weighted by Gasteiger charge is 2.17. The molecule has 0 amide bonds. The second kappa shape index (κ2) is 5.66. The van der Waals surface area contributed by atoms with E-state index in [-0.39, 0.29) is 5.38 Å². The van der Waals surface area contributed by atoms with E-state index in [0.29, 0.717) is 0 Å². The first-order valence-corrected chi connectivity index (χ1v) is 7.64. The van der Waals surface area contributed by atoms with Crippen molar-refractivity contribution in [2.24, 2.45) is 0 Å². The predicted octanol–water partition coefficient (Wildman–Crippen LogP) is 4.49. The molecule has 1 atom stereocenters.